The number of alkyl halides is 1. The number of benzene rings is 1. The summed E-state index contributed by atoms with van der Waals surface area (Å²) < 4.78 is 5.67. The molecule has 0 aliphatic heterocycles. The Morgan fingerprint density at radius 3 is 2.71 bits per heavy atom. The van der Waals surface area contributed by atoms with Crippen LogP contribution in [0.5, 0.6) is 5.75 Å². The van der Waals surface area contributed by atoms with Crippen molar-refractivity contribution in [3.8, 4) is 5.75 Å². The van der Waals surface area contributed by atoms with E-state index < -0.39 is 6.10 Å². The molecule has 0 spiro atoms. The molecule has 0 unspecified atom stereocenters. The van der Waals surface area contributed by atoms with E-state index in [0.29, 0.717) is 5.92 Å². The Labute approximate surface area is 108 Å². The van der Waals surface area contributed by atoms with Gasteiger partial charge in [-0.1, -0.05) is 31.0 Å². The molecule has 17 heavy (non-hydrogen) atoms. The molecule has 0 saturated heterocycles. The van der Waals surface area contributed by atoms with Crippen LogP contribution < -0.4 is 4.74 Å². The van der Waals surface area contributed by atoms with Gasteiger partial charge in [-0.3, -0.25) is 0 Å². The molecule has 0 bridgehead atoms. The van der Waals surface area contributed by atoms with Gasteiger partial charge in [-0.05, 0) is 30.4 Å². The van der Waals surface area contributed by atoms with Crippen LogP contribution >= 0.6 is 11.6 Å². The zero-order chi connectivity index (χ0) is 12.1. The van der Waals surface area contributed by atoms with Crippen LogP contribution in [-0.2, 0) is 0 Å². The predicted octanol–water partition coefficient (Wildman–Crippen LogP) is 3.32. The number of para-hydroxylation sites is 1. The third-order valence-electron chi connectivity index (χ3n) is 3.32. The van der Waals surface area contributed by atoms with Crippen molar-refractivity contribution >= 4 is 11.6 Å². The highest BCUT2D eigenvalue weighted by Crippen LogP contribution is 2.38. The van der Waals surface area contributed by atoms with E-state index in [1.54, 1.807) is 0 Å². The number of aliphatic hydroxyl groups is 1. The third kappa shape index (κ3) is 3.36. The molecular formula is C14H19ClO2. The van der Waals surface area contributed by atoms with Crippen molar-refractivity contribution in [2.75, 3.05) is 12.5 Å². The van der Waals surface area contributed by atoms with E-state index in [1.165, 1.54) is 31.2 Å². The third-order valence-corrected chi connectivity index (χ3v) is 3.68. The van der Waals surface area contributed by atoms with Gasteiger partial charge in [0.05, 0.1) is 5.88 Å². The minimum absolute atomic E-state index is 0.214. The van der Waals surface area contributed by atoms with Gasteiger partial charge in [-0.15, -0.1) is 11.6 Å². The van der Waals surface area contributed by atoms with Gasteiger partial charge in [0.25, 0.3) is 0 Å². The largest absolute Gasteiger partial charge is 0.491 e. The van der Waals surface area contributed by atoms with Gasteiger partial charge in [0.15, 0.2) is 0 Å². The van der Waals surface area contributed by atoms with E-state index in [1.807, 2.05) is 12.1 Å². The first-order chi connectivity index (χ1) is 8.31. The summed E-state index contributed by atoms with van der Waals surface area (Å²) in [5.41, 5.74) is 1.28. The Hall–Kier alpha value is -0.730. The van der Waals surface area contributed by atoms with Gasteiger partial charge in [0.2, 0.25) is 0 Å². The zero-order valence-electron chi connectivity index (χ0n) is 9.94. The molecule has 2 rings (SSSR count). The van der Waals surface area contributed by atoms with Crippen LogP contribution in [0.3, 0.4) is 0 Å². The molecule has 3 heteroatoms. The number of hydrogen-bond acceptors (Lipinski definition) is 2. The molecule has 0 aromatic heterocycles. The van der Waals surface area contributed by atoms with Gasteiger partial charge < -0.3 is 9.84 Å². The second-order valence-electron chi connectivity index (χ2n) is 4.64. The summed E-state index contributed by atoms with van der Waals surface area (Å²) in [6.45, 7) is 0.271. The van der Waals surface area contributed by atoms with Crippen LogP contribution in [0.2, 0.25) is 0 Å². The molecule has 1 aliphatic rings. The molecule has 1 aromatic rings. The SMILES string of the molecule is O[C@H](CCl)COc1ccccc1C1CCCC1. The summed E-state index contributed by atoms with van der Waals surface area (Å²) in [7, 11) is 0. The van der Waals surface area contributed by atoms with E-state index in [4.69, 9.17) is 16.3 Å². The lowest BCUT2D eigenvalue weighted by Gasteiger charge is -2.17. The van der Waals surface area contributed by atoms with E-state index in [-0.39, 0.29) is 12.5 Å². The van der Waals surface area contributed by atoms with E-state index in [0.717, 1.165) is 5.75 Å². The van der Waals surface area contributed by atoms with Crippen molar-refractivity contribution in [1.29, 1.82) is 0 Å². The number of hydrogen-bond donors (Lipinski definition) is 1. The van der Waals surface area contributed by atoms with Crippen molar-refractivity contribution in [3.63, 3.8) is 0 Å². The highest BCUT2D eigenvalue weighted by Gasteiger charge is 2.20. The first-order valence-electron chi connectivity index (χ1n) is 6.27. The van der Waals surface area contributed by atoms with Crippen molar-refractivity contribution < 1.29 is 9.84 Å². The molecule has 1 aromatic carbocycles. The minimum atomic E-state index is -0.590. The van der Waals surface area contributed by atoms with Crippen LogP contribution in [0.4, 0.5) is 0 Å². The van der Waals surface area contributed by atoms with Crippen LogP contribution in [0.15, 0.2) is 24.3 Å². The summed E-state index contributed by atoms with van der Waals surface area (Å²) in [5.74, 6) is 1.74. The standard InChI is InChI=1S/C14H19ClO2/c15-9-12(16)10-17-14-8-4-3-7-13(14)11-5-1-2-6-11/h3-4,7-8,11-12,16H,1-2,5-6,9-10H2/t12-/m1/s1. The van der Waals surface area contributed by atoms with E-state index >= 15 is 0 Å². The summed E-state index contributed by atoms with van der Waals surface area (Å²) in [4.78, 5) is 0. The van der Waals surface area contributed by atoms with Gasteiger partial charge in [0, 0.05) is 0 Å². The highest BCUT2D eigenvalue weighted by atomic mass is 35.5. The first-order valence-corrected chi connectivity index (χ1v) is 6.80. The average molecular weight is 255 g/mol. The molecular weight excluding hydrogens is 236 g/mol. The molecule has 1 saturated carbocycles. The van der Waals surface area contributed by atoms with E-state index in [9.17, 15) is 5.11 Å². The Balaban J connectivity index is 2.04. The molecule has 2 nitrogen and oxygen atoms in total. The van der Waals surface area contributed by atoms with Crippen LogP contribution in [0.25, 0.3) is 0 Å². The Morgan fingerprint density at radius 1 is 1.29 bits per heavy atom. The fourth-order valence-electron chi connectivity index (χ4n) is 2.42. The topological polar surface area (TPSA) is 29.5 Å². The van der Waals surface area contributed by atoms with Gasteiger partial charge in [0.1, 0.15) is 18.5 Å². The first kappa shape index (κ1) is 12.7. The Morgan fingerprint density at radius 2 is 2.00 bits per heavy atom. The minimum Gasteiger partial charge on any atom is -0.491 e. The Kier molecular flexibility index (Phi) is 4.69. The molecule has 1 aliphatic carbocycles. The van der Waals surface area contributed by atoms with Crippen molar-refractivity contribution in [2.24, 2.45) is 0 Å². The van der Waals surface area contributed by atoms with Crippen LogP contribution in [0, 0.1) is 0 Å². The molecule has 1 N–H and O–H groups in total. The lowest BCUT2D eigenvalue weighted by Crippen LogP contribution is -2.19. The monoisotopic (exact) mass is 254 g/mol. The molecule has 0 amide bonds. The molecule has 1 atom stereocenters. The lowest BCUT2D eigenvalue weighted by atomic mass is 9.97. The highest BCUT2D eigenvalue weighted by molar-refractivity contribution is 6.18. The fourth-order valence-corrected chi connectivity index (χ4v) is 2.51. The number of aliphatic hydroxyl groups excluding tert-OH is 1. The van der Waals surface area contributed by atoms with Gasteiger partial charge >= 0.3 is 0 Å². The number of halogens is 1. The number of rotatable bonds is 5. The van der Waals surface area contributed by atoms with Crippen LogP contribution in [-0.4, -0.2) is 23.7 Å². The summed E-state index contributed by atoms with van der Waals surface area (Å²) in [6.07, 6.45) is 4.53. The molecule has 0 radical (unpaired) electrons. The van der Waals surface area contributed by atoms with Crippen LogP contribution in [0.1, 0.15) is 37.2 Å². The predicted molar refractivity (Wildman–Crippen MR) is 69.9 cm³/mol. The van der Waals surface area contributed by atoms with E-state index in [2.05, 4.69) is 12.1 Å². The quantitative estimate of drug-likeness (QED) is 0.817. The molecule has 1 fully saturated rings. The smallest absolute Gasteiger partial charge is 0.122 e. The van der Waals surface area contributed by atoms with Crippen molar-refractivity contribution in [2.45, 2.75) is 37.7 Å². The second kappa shape index (κ2) is 6.27. The Bertz CT molecular complexity index is 348. The average Bonchev–Trinajstić information content (AvgIpc) is 2.90. The fraction of sp³-hybridized carbons (Fsp3) is 0.571. The lowest BCUT2D eigenvalue weighted by molar-refractivity contribution is 0.124. The summed E-state index contributed by atoms with van der Waals surface area (Å²) in [5, 5.41) is 9.42. The molecule has 0 heterocycles. The molecule has 94 valence electrons. The van der Waals surface area contributed by atoms with Crippen molar-refractivity contribution in [1.82, 2.24) is 0 Å². The maximum absolute atomic E-state index is 9.42. The second-order valence-corrected chi connectivity index (χ2v) is 4.95. The summed E-state index contributed by atoms with van der Waals surface area (Å²) >= 11 is 5.56. The maximum Gasteiger partial charge on any atom is 0.122 e. The number of ether oxygens (including phenoxy) is 1. The normalized spacial score (nSPS) is 18.2. The zero-order valence-corrected chi connectivity index (χ0v) is 10.7. The van der Waals surface area contributed by atoms with Crippen molar-refractivity contribution in [3.05, 3.63) is 29.8 Å². The maximum atomic E-state index is 9.42. The van der Waals surface area contributed by atoms with Gasteiger partial charge in [-0.2, -0.15) is 0 Å². The van der Waals surface area contributed by atoms with Gasteiger partial charge in [-0.25, -0.2) is 0 Å². The summed E-state index contributed by atoms with van der Waals surface area (Å²) in [6, 6.07) is 8.15.